The van der Waals surface area contributed by atoms with Crippen molar-refractivity contribution in [2.45, 2.75) is 50.6 Å². The van der Waals surface area contributed by atoms with Gasteiger partial charge in [-0.3, -0.25) is 9.59 Å². The third kappa shape index (κ3) is 5.44. The van der Waals surface area contributed by atoms with Crippen molar-refractivity contribution in [1.29, 1.82) is 0 Å². The molecule has 1 saturated carbocycles. The minimum atomic E-state index is -0.275. The van der Waals surface area contributed by atoms with Crippen molar-refractivity contribution in [3.8, 4) is 0 Å². The molecule has 5 nitrogen and oxygen atoms in total. The number of carbonyl (C=O) groups excluding carboxylic acids is 2. The number of hydrogen-bond acceptors (Lipinski definition) is 3. The molecule has 0 aromatic heterocycles. The molecule has 2 amide bonds. The molecule has 4 rings (SSSR count). The molecule has 0 bridgehead atoms. The number of carbonyl (C=O) groups is 2. The number of rotatable bonds is 5. The van der Waals surface area contributed by atoms with E-state index in [2.05, 4.69) is 10.2 Å². The molecule has 0 atom stereocenters. The van der Waals surface area contributed by atoms with E-state index in [0.29, 0.717) is 12.1 Å². The molecule has 1 N–H and O–H groups in total. The van der Waals surface area contributed by atoms with Crippen LogP contribution in [0.1, 0.15) is 44.1 Å². The second-order valence-electron chi connectivity index (χ2n) is 8.53. The average molecular weight is 400 g/mol. The molecular weight excluding hydrogens is 369 g/mol. The van der Waals surface area contributed by atoms with E-state index in [1.807, 2.05) is 4.90 Å². The Bertz CT molecular complexity index is 744. The van der Waals surface area contributed by atoms with Gasteiger partial charge in [0.25, 0.3) is 0 Å². The van der Waals surface area contributed by atoms with Gasteiger partial charge in [-0.15, -0.1) is 0 Å². The highest BCUT2D eigenvalue weighted by Gasteiger charge is 2.33. The van der Waals surface area contributed by atoms with Gasteiger partial charge < -0.3 is 15.1 Å². The van der Waals surface area contributed by atoms with Crippen LogP contribution in [0.2, 0.25) is 0 Å². The minimum Gasteiger partial charge on any atom is -0.353 e. The molecule has 3 aliphatic rings. The maximum absolute atomic E-state index is 13.0. The van der Waals surface area contributed by atoms with Gasteiger partial charge in [0, 0.05) is 37.2 Å². The second-order valence-corrected chi connectivity index (χ2v) is 8.53. The van der Waals surface area contributed by atoms with E-state index in [9.17, 15) is 14.0 Å². The first-order valence-corrected chi connectivity index (χ1v) is 10.9. The quantitative estimate of drug-likeness (QED) is 0.775. The number of likely N-dealkylation sites (tertiary alicyclic amines) is 2. The lowest BCUT2D eigenvalue weighted by molar-refractivity contribution is -0.129. The summed E-state index contributed by atoms with van der Waals surface area (Å²) in [5, 5.41) is 3.14. The maximum atomic E-state index is 13.0. The van der Waals surface area contributed by atoms with E-state index in [4.69, 9.17) is 0 Å². The van der Waals surface area contributed by atoms with E-state index in [1.54, 1.807) is 24.3 Å². The van der Waals surface area contributed by atoms with E-state index >= 15 is 0 Å². The van der Waals surface area contributed by atoms with Gasteiger partial charge >= 0.3 is 0 Å². The van der Waals surface area contributed by atoms with Crippen LogP contribution in [-0.4, -0.2) is 59.9 Å². The van der Waals surface area contributed by atoms with Gasteiger partial charge in [-0.1, -0.05) is 12.1 Å². The zero-order valence-corrected chi connectivity index (χ0v) is 16.9. The Balaban J connectivity index is 1.19. The standard InChI is InChI=1S/C23H30FN3O2/c24-19-4-1-17(2-5-19)3-8-22(28)27-15-11-21(12-16-27)26-13-9-18(10-14-26)23(29)25-20-6-7-20/h1-5,8,18,20-21H,6-7,9-16H2,(H,25,29)/b8-3+. The van der Waals surface area contributed by atoms with Gasteiger partial charge in [0.1, 0.15) is 5.82 Å². The highest BCUT2D eigenvalue weighted by Crippen LogP contribution is 2.26. The first kappa shape index (κ1) is 20.1. The number of nitrogens with zero attached hydrogens (tertiary/aromatic N) is 2. The zero-order chi connectivity index (χ0) is 20.2. The van der Waals surface area contributed by atoms with Crippen LogP contribution >= 0.6 is 0 Å². The maximum Gasteiger partial charge on any atom is 0.246 e. The Labute approximate surface area is 171 Å². The molecule has 1 aliphatic carbocycles. The van der Waals surface area contributed by atoms with E-state index < -0.39 is 0 Å². The molecule has 3 fully saturated rings. The summed E-state index contributed by atoms with van der Waals surface area (Å²) in [7, 11) is 0. The monoisotopic (exact) mass is 399 g/mol. The molecule has 156 valence electrons. The molecule has 29 heavy (non-hydrogen) atoms. The van der Waals surface area contributed by atoms with Crippen LogP contribution in [0.15, 0.2) is 30.3 Å². The summed E-state index contributed by atoms with van der Waals surface area (Å²) in [5.41, 5.74) is 0.822. The lowest BCUT2D eigenvalue weighted by Gasteiger charge is -2.41. The van der Waals surface area contributed by atoms with Gasteiger partial charge in [0.2, 0.25) is 11.8 Å². The molecule has 0 spiro atoms. The normalized spacial score (nSPS) is 22.2. The molecule has 0 radical (unpaired) electrons. The van der Waals surface area contributed by atoms with Crippen molar-refractivity contribution in [2.75, 3.05) is 26.2 Å². The number of piperidine rings is 2. The predicted molar refractivity (Wildman–Crippen MR) is 110 cm³/mol. The predicted octanol–water partition coefficient (Wildman–Crippen LogP) is 2.82. The van der Waals surface area contributed by atoms with Crippen molar-refractivity contribution in [3.63, 3.8) is 0 Å². The molecule has 6 heteroatoms. The van der Waals surface area contributed by atoms with Gasteiger partial charge in [-0.05, 0) is 75.4 Å². The Hall–Kier alpha value is -2.21. The Morgan fingerprint density at radius 3 is 2.21 bits per heavy atom. The van der Waals surface area contributed by atoms with Crippen LogP contribution in [-0.2, 0) is 9.59 Å². The lowest BCUT2D eigenvalue weighted by atomic mass is 9.92. The molecule has 1 aromatic rings. The van der Waals surface area contributed by atoms with Crippen LogP contribution in [0.25, 0.3) is 6.08 Å². The lowest BCUT2D eigenvalue weighted by Crippen LogP contribution is -2.50. The van der Waals surface area contributed by atoms with Crippen LogP contribution in [0.3, 0.4) is 0 Å². The SMILES string of the molecule is O=C(NC1CC1)C1CCN(C2CCN(C(=O)/C=C/c3ccc(F)cc3)CC2)CC1. The topological polar surface area (TPSA) is 52.7 Å². The largest absolute Gasteiger partial charge is 0.353 e. The smallest absolute Gasteiger partial charge is 0.246 e. The van der Waals surface area contributed by atoms with Crippen LogP contribution in [0, 0.1) is 11.7 Å². The van der Waals surface area contributed by atoms with Crippen molar-refractivity contribution in [1.82, 2.24) is 15.1 Å². The summed E-state index contributed by atoms with van der Waals surface area (Å²) in [6, 6.07) is 7.08. The van der Waals surface area contributed by atoms with Crippen molar-refractivity contribution >= 4 is 17.9 Å². The summed E-state index contributed by atoms with van der Waals surface area (Å²) in [5.74, 6) is 0.164. The molecule has 2 heterocycles. The van der Waals surface area contributed by atoms with Gasteiger partial charge in [-0.25, -0.2) is 4.39 Å². The van der Waals surface area contributed by atoms with E-state index in [1.165, 1.54) is 12.1 Å². The Morgan fingerprint density at radius 2 is 1.59 bits per heavy atom. The van der Waals surface area contributed by atoms with Crippen molar-refractivity contribution in [3.05, 3.63) is 41.7 Å². The summed E-state index contributed by atoms with van der Waals surface area (Å²) in [6.45, 7) is 3.48. The molecule has 2 aliphatic heterocycles. The summed E-state index contributed by atoms with van der Waals surface area (Å²) in [6.07, 6.45) is 9.45. The average Bonchev–Trinajstić information content (AvgIpc) is 3.57. The van der Waals surface area contributed by atoms with E-state index in [0.717, 1.165) is 70.3 Å². The summed E-state index contributed by atoms with van der Waals surface area (Å²) >= 11 is 0. The first-order valence-electron chi connectivity index (χ1n) is 10.9. The zero-order valence-electron chi connectivity index (χ0n) is 16.9. The Morgan fingerprint density at radius 1 is 0.931 bits per heavy atom. The Kier molecular flexibility index (Phi) is 6.28. The van der Waals surface area contributed by atoms with Crippen LogP contribution in [0.5, 0.6) is 0 Å². The van der Waals surface area contributed by atoms with Gasteiger partial charge in [-0.2, -0.15) is 0 Å². The number of benzene rings is 1. The van der Waals surface area contributed by atoms with Crippen molar-refractivity contribution in [2.24, 2.45) is 5.92 Å². The molecule has 1 aromatic carbocycles. The molecular formula is C23H30FN3O2. The highest BCUT2D eigenvalue weighted by atomic mass is 19.1. The molecule has 0 unspecified atom stereocenters. The number of hydrogen-bond donors (Lipinski definition) is 1. The first-order chi connectivity index (χ1) is 14.1. The van der Waals surface area contributed by atoms with Gasteiger partial charge in [0.05, 0.1) is 0 Å². The molecule has 2 saturated heterocycles. The van der Waals surface area contributed by atoms with Crippen LogP contribution in [0.4, 0.5) is 4.39 Å². The fraction of sp³-hybridized carbons (Fsp3) is 0.565. The third-order valence-corrected chi connectivity index (χ3v) is 6.40. The second kappa shape index (κ2) is 9.08. The van der Waals surface area contributed by atoms with Gasteiger partial charge in [0.15, 0.2) is 0 Å². The highest BCUT2D eigenvalue weighted by molar-refractivity contribution is 5.91. The number of amides is 2. The number of nitrogens with one attached hydrogen (secondary N) is 1. The fourth-order valence-corrected chi connectivity index (χ4v) is 4.37. The van der Waals surface area contributed by atoms with Crippen molar-refractivity contribution < 1.29 is 14.0 Å². The third-order valence-electron chi connectivity index (χ3n) is 6.40. The van der Waals surface area contributed by atoms with Crippen LogP contribution < -0.4 is 5.32 Å². The summed E-state index contributed by atoms with van der Waals surface area (Å²) in [4.78, 5) is 29.1. The van der Waals surface area contributed by atoms with E-state index in [-0.39, 0.29) is 23.5 Å². The summed E-state index contributed by atoms with van der Waals surface area (Å²) < 4.78 is 13.0. The fourth-order valence-electron chi connectivity index (χ4n) is 4.37. The number of halogens is 1. The minimum absolute atomic E-state index is 0.0169.